The van der Waals surface area contributed by atoms with Gasteiger partial charge in [0, 0.05) is 0 Å². The van der Waals surface area contributed by atoms with Gasteiger partial charge < -0.3 is 24.2 Å². The summed E-state index contributed by atoms with van der Waals surface area (Å²) >= 11 is 0. The van der Waals surface area contributed by atoms with Gasteiger partial charge >= 0.3 is 11.9 Å². The minimum atomic E-state index is -1.11. The van der Waals surface area contributed by atoms with Crippen molar-refractivity contribution in [2.75, 3.05) is 34.3 Å². The van der Waals surface area contributed by atoms with Crippen molar-refractivity contribution in [2.45, 2.75) is 96.8 Å². The Bertz CT molecular complexity index is 813. The van der Waals surface area contributed by atoms with Gasteiger partial charge in [0.2, 0.25) is 0 Å². The summed E-state index contributed by atoms with van der Waals surface area (Å²) in [5.74, 6) is -2.67. The molecule has 0 atom stereocenters. The van der Waals surface area contributed by atoms with Crippen molar-refractivity contribution in [3.8, 4) is 0 Å². The van der Waals surface area contributed by atoms with Gasteiger partial charge in [-0.1, -0.05) is 89.0 Å². The number of aromatic carboxylic acids is 1. The first-order chi connectivity index (χ1) is 18.1. The molecule has 0 radical (unpaired) electrons. The van der Waals surface area contributed by atoms with Crippen molar-refractivity contribution in [3.63, 3.8) is 0 Å². The Hall–Kier alpha value is -2.67. The van der Waals surface area contributed by atoms with E-state index in [9.17, 15) is 19.5 Å². The number of esters is 1. The van der Waals surface area contributed by atoms with Crippen LogP contribution in [-0.2, 0) is 9.53 Å². The lowest BCUT2D eigenvalue weighted by Gasteiger charge is -2.23. The quantitative estimate of drug-likeness (QED) is 0.0951. The van der Waals surface area contributed by atoms with Crippen molar-refractivity contribution in [3.05, 3.63) is 47.5 Å². The molecule has 7 nitrogen and oxygen atoms in total. The molecule has 1 aromatic carbocycles. The average molecular weight is 534 g/mol. The van der Waals surface area contributed by atoms with E-state index in [0.29, 0.717) is 11.1 Å². The molecule has 0 unspecified atom stereocenters. The zero-order chi connectivity index (χ0) is 28.7. The van der Waals surface area contributed by atoms with Crippen molar-refractivity contribution in [1.29, 1.82) is 0 Å². The van der Waals surface area contributed by atoms with E-state index in [0.717, 1.165) is 19.3 Å². The molecule has 7 heteroatoms. The Balaban J connectivity index is 0.00000147. The molecular weight excluding hydrogens is 482 g/mol. The maximum atomic E-state index is 12.0. The zero-order valence-electron chi connectivity index (χ0n) is 24.2. The van der Waals surface area contributed by atoms with Crippen molar-refractivity contribution >= 4 is 17.9 Å². The van der Waals surface area contributed by atoms with E-state index in [4.69, 9.17) is 9.84 Å². The van der Waals surface area contributed by atoms with Crippen LogP contribution in [0.1, 0.15) is 118 Å². The van der Waals surface area contributed by atoms with Crippen LogP contribution in [0.2, 0.25) is 0 Å². The number of carbonyl (C=O) groups is 3. The van der Waals surface area contributed by atoms with Crippen molar-refractivity contribution < 1.29 is 33.8 Å². The monoisotopic (exact) mass is 533 g/mol. The fourth-order valence-corrected chi connectivity index (χ4v) is 3.83. The number of carbonyl (C=O) groups excluding carboxylic acids is 2. The number of carboxylic acid groups (broad SMARTS) is 2. The van der Waals surface area contributed by atoms with Gasteiger partial charge in [-0.25, -0.2) is 9.59 Å². The standard InChI is InChI=1S/C26H40O4.C5H11NO2/c1-2-3-4-5-6-7-8-9-10-11-12-13-14-15-16-19-22-30-26(29)24-21-18-17-20-23(24)25(27)28;1-6(2,3)4-5(7)8/h9-10,17-18,20-21H,2-8,11-16,19,22H2,1H3,(H,27,28);4H2,1-3H3/b10-9-;. The largest absolute Gasteiger partial charge is 0.544 e. The Morgan fingerprint density at radius 2 is 1.26 bits per heavy atom. The molecule has 0 aliphatic carbocycles. The molecule has 216 valence electrons. The summed E-state index contributed by atoms with van der Waals surface area (Å²) in [6.45, 7) is 2.67. The van der Waals surface area contributed by atoms with Gasteiger partial charge in [0.25, 0.3) is 0 Å². The number of hydrogen-bond donors (Lipinski definition) is 1. The summed E-state index contributed by atoms with van der Waals surface area (Å²) in [4.78, 5) is 33.1. The predicted octanol–water partition coefficient (Wildman–Crippen LogP) is 6.02. The second kappa shape index (κ2) is 22.3. The maximum Gasteiger partial charge on any atom is 0.339 e. The second-order valence-corrected chi connectivity index (χ2v) is 10.7. The molecule has 1 aromatic rings. The summed E-state index contributed by atoms with van der Waals surface area (Å²) in [7, 11) is 5.40. The fourth-order valence-electron chi connectivity index (χ4n) is 3.83. The van der Waals surface area contributed by atoms with Gasteiger partial charge in [-0.2, -0.15) is 0 Å². The van der Waals surface area contributed by atoms with Crippen LogP contribution in [-0.4, -0.2) is 61.8 Å². The molecule has 0 fully saturated rings. The highest BCUT2D eigenvalue weighted by molar-refractivity contribution is 6.02. The van der Waals surface area contributed by atoms with Crippen LogP contribution in [0.15, 0.2) is 36.4 Å². The summed E-state index contributed by atoms with van der Waals surface area (Å²) in [5, 5.41) is 19.0. The van der Waals surface area contributed by atoms with E-state index in [2.05, 4.69) is 19.1 Å². The highest BCUT2D eigenvalue weighted by atomic mass is 16.5. The number of unbranched alkanes of at least 4 members (excludes halogenated alkanes) is 12. The number of rotatable bonds is 20. The highest BCUT2D eigenvalue weighted by Gasteiger charge is 2.16. The molecule has 0 aliphatic rings. The number of aliphatic carboxylic acids is 1. The van der Waals surface area contributed by atoms with Crippen LogP contribution >= 0.6 is 0 Å². The highest BCUT2D eigenvalue weighted by Crippen LogP contribution is 2.12. The van der Waals surface area contributed by atoms with Gasteiger partial charge in [0.05, 0.1) is 44.8 Å². The minimum absolute atomic E-state index is 0.0106. The van der Waals surface area contributed by atoms with Crippen LogP contribution in [0.5, 0.6) is 0 Å². The Labute approximate surface area is 230 Å². The smallest absolute Gasteiger partial charge is 0.339 e. The van der Waals surface area contributed by atoms with Crippen LogP contribution in [0, 0.1) is 0 Å². The van der Waals surface area contributed by atoms with E-state index in [-0.39, 0.29) is 17.7 Å². The summed E-state index contributed by atoms with van der Waals surface area (Å²) in [5.41, 5.74) is 0.109. The number of ether oxygens (including phenoxy) is 1. The van der Waals surface area contributed by atoms with Crippen LogP contribution < -0.4 is 5.11 Å². The Morgan fingerprint density at radius 1 is 0.789 bits per heavy atom. The molecule has 0 saturated heterocycles. The second-order valence-electron chi connectivity index (χ2n) is 10.7. The third-order valence-electron chi connectivity index (χ3n) is 5.87. The third kappa shape index (κ3) is 21.4. The molecule has 1 N–H and O–H groups in total. The molecule has 38 heavy (non-hydrogen) atoms. The number of carboxylic acids is 2. The number of nitrogens with zero attached hydrogens (tertiary/aromatic N) is 1. The lowest BCUT2D eigenvalue weighted by atomic mass is 10.1. The molecular formula is C31H51NO6. The fraction of sp³-hybridized carbons (Fsp3) is 0.645. The first-order valence-corrected chi connectivity index (χ1v) is 14.2. The molecule has 1 rings (SSSR count). The predicted molar refractivity (Wildman–Crippen MR) is 151 cm³/mol. The SMILES string of the molecule is CCCCCCCC/C=C\CCCCCCCCOC(=O)c1ccccc1C(=O)O.C[N+](C)(C)CC(=O)[O-]. The molecule has 0 aromatic heterocycles. The molecule has 0 bridgehead atoms. The number of quaternary nitrogens is 1. The van der Waals surface area contributed by atoms with E-state index >= 15 is 0 Å². The van der Waals surface area contributed by atoms with E-state index in [1.54, 1.807) is 33.3 Å². The molecule has 0 spiro atoms. The number of likely N-dealkylation sites (N-methyl/N-ethyl adjacent to an activating group) is 1. The van der Waals surface area contributed by atoms with E-state index < -0.39 is 17.9 Å². The molecule has 0 amide bonds. The topological polar surface area (TPSA) is 104 Å². The third-order valence-corrected chi connectivity index (χ3v) is 5.87. The first-order valence-electron chi connectivity index (χ1n) is 14.2. The summed E-state index contributed by atoms with van der Waals surface area (Å²) in [6.07, 6.45) is 21.9. The summed E-state index contributed by atoms with van der Waals surface area (Å²) in [6, 6.07) is 6.16. The van der Waals surface area contributed by atoms with Crippen LogP contribution in [0.3, 0.4) is 0 Å². The average Bonchev–Trinajstić information content (AvgIpc) is 2.84. The maximum absolute atomic E-state index is 12.0. The zero-order valence-corrected chi connectivity index (χ0v) is 24.2. The molecule has 0 saturated carbocycles. The minimum Gasteiger partial charge on any atom is -0.544 e. The van der Waals surface area contributed by atoms with Crippen molar-refractivity contribution in [1.82, 2.24) is 0 Å². The van der Waals surface area contributed by atoms with Crippen LogP contribution in [0.25, 0.3) is 0 Å². The normalized spacial score (nSPS) is 11.2. The Morgan fingerprint density at radius 3 is 1.71 bits per heavy atom. The first kappa shape index (κ1) is 35.3. The van der Waals surface area contributed by atoms with Crippen LogP contribution in [0.4, 0.5) is 0 Å². The summed E-state index contributed by atoms with van der Waals surface area (Å²) < 4.78 is 5.65. The lowest BCUT2D eigenvalue weighted by Crippen LogP contribution is -2.45. The van der Waals surface area contributed by atoms with Gasteiger partial charge in [-0.3, -0.25) is 0 Å². The van der Waals surface area contributed by atoms with Crippen molar-refractivity contribution in [2.24, 2.45) is 0 Å². The Kier molecular flexibility index (Phi) is 20.8. The van der Waals surface area contributed by atoms with E-state index in [1.165, 1.54) is 82.8 Å². The molecule has 0 heterocycles. The van der Waals surface area contributed by atoms with Gasteiger partial charge in [-0.05, 0) is 44.2 Å². The van der Waals surface area contributed by atoms with Gasteiger partial charge in [0.15, 0.2) is 0 Å². The van der Waals surface area contributed by atoms with Gasteiger partial charge in [-0.15, -0.1) is 0 Å². The molecule has 0 aliphatic heterocycles. The number of benzene rings is 1. The number of hydrogen-bond acceptors (Lipinski definition) is 5. The van der Waals surface area contributed by atoms with E-state index in [1.807, 2.05) is 0 Å². The number of allylic oxidation sites excluding steroid dienone is 2. The van der Waals surface area contributed by atoms with Gasteiger partial charge in [0.1, 0.15) is 6.54 Å². The lowest BCUT2D eigenvalue weighted by molar-refractivity contribution is -0.864.